The fourth-order valence-corrected chi connectivity index (χ4v) is 4.94. The van der Waals surface area contributed by atoms with Crippen molar-refractivity contribution in [1.82, 2.24) is 10.2 Å². The fourth-order valence-electron chi connectivity index (χ4n) is 3.31. The Bertz CT molecular complexity index is 884. The summed E-state index contributed by atoms with van der Waals surface area (Å²) >= 11 is 2.77. The summed E-state index contributed by atoms with van der Waals surface area (Å²) in [5.41, 5.74) is 1.65. The van der Waals surface area contributed by atoms with E-state index in [-0.39, 0.29) is 23.5 Å². The summed E-state index contributed by atoms with van der Waals surface area (Å²) < 4.78 is 6.30. The maximum absolute atomic E-state index is 12.6. The monoisotopic (exact) mass is 421 g/mol. The molecule has 4 rings (SSSR count). The number of benzene rings is 1. The number of anilines is 2. The van der Waals surface area contributed by atoms with Gasteiger partial charge in [-0.05, 0) is 30.9 Å². The molecule has 0 spiro atoms. The van der Waals surface area contributed by atoms with E-state index in [1.807, 2.05) is 0 Å². The predicted octanol–water partition coefficient (Wildman–Crippen LogP) is 2.72. The highest BCUT2D eigenvalue weighted by Gasteiger charge is 2.26. The van der Waals surface area contributed by atoms with Gasteiger partial charge in [-0.25, -0.2) is 0 Å². The van der Waals surface area contributed by atoms with Crippen LogP contribution < -0.4 is 10.2 Å². The standard InChI is InChI=1S/C17H19N5O4S2/c23-15(21-6-5-11-8-12(22(24)25)3-4-14(11)21)10-27-17-20-19-16(28-17)18-9-13-2-1-7-26-13/h3-4,8,13H,1-2,5-7,9-10H2,(H,18,19). The van der Waals surface area contributed by atoms with Crippen LogP contribution in [0.15, 0.2) is 22.5 Å². The molecule has 1 amide bonds. The molecule has 1 aromatic carbocycles. The van der Waals surface area contributed by atoms with Crippen LogP contribution in [0.5, 0.6) is 0 Å². The third-order valence-corrected chi connectivity index (χ3v) is 6.70. The minimum Gasteiger partial charge on any atom is -0.376 e. The quantitative estimate of drug-likeness (QED) is 0.413. The number of thioether (sulfide) groups is 1. The maximum atomic E-state index is 12.6. The number of ether oxygens (including phenoxy) is 1. The summed E-state index contributed by atoms with van der Waals surface area (Å²) in [4.78, 5) is 24.8. The second kappa shape index (κ2) is 8.41. The molecule has 1 atom stereocenters. The lowest BCUT2D eigenvalue weighted by Gasteiger charge is -2.16. The number of carbonyl (C=O) groups is 1. The molecule has 1 saturated heterocycles. The zero-order valence-corrected chi connectivity index (χ0v) is 16.6. The van der Waals surface area contributed by atoms with Gasteiger partial charge in [-0.3, -0.25) is 14.9 Å². The van der Waals surface area contributed by atoms with Crippen LogP contribution in [0, 0.1) is 10.1 Å². The van der Waals surface area contributed by atoms with E-state index in [0.29, 0.717) is 13.0 Å². The number of nitrogens with zero attached hydrogens (tertiary/aromatic N) is 4. The minimum absolute atomic E-state index is 0.0401. The number of hydrogen-bond acceptors (Lipinski definition) is 9. The number of rotatable bonds is 7. The van der Waals surface area contributed by atoms with Crippen molar-refractivity contribution in [3.05, 3.63) is 33.9 Å². The molecule has 2 aliphatic heterocycles. The molecule has 1 fully saturated rings. The summed E-state index contributed by atoms with van der Waals surface area (Å²) in [5.74, 6) is 0.207. The van der Waals surface area contributed by atoms with E-state index in [0.717, 1.165) is 46.7 Å². The van der Waals surface area contributed by atoms with E-state index in [1.165, 1.54) is 29.2 Å². The minimum atomic E-state index is -0.416. The topological polar surface area (TPSA) is 110 Å². The molecule has 1 N–H and O–H groups in total. The number of aromatic nitrogens is 2. The van der Waals surface area contributed by atoms with E-state index in [9.17, 15) is 14.9 Å². The van der Waals surface area contributed by atoms with Crippen LogP contribution in [0.25, 0.3) is 0 Å². The average molecular weight is 422 g/mol. The van der Waals surface area contributed by atoms with Crippen LogP contribution in [-0.4, -0.2) is 52.6 Å². The van der Waals surface area contributed by atoms with E-state index in [1.54, 1.807) is 17.0 Å². The number of nitro groups is 1. The van der Waals surface area contributed by atoms with Crippen molar-refractivity contribution in [2.24, 2.45) is 0 Å². The lowest BCUT2D eigenvalue weighted by Crippen LogP contribution is -2.30. The van der Waals surface area contributed by atoms with Crippen LogP contribution in [0.1, 0.15) is 18.4 Å². The van der Waals surface area contributed by atoms with Crippen molar-refractivity contribution >= 4 is 45.5 Å². The van der Waals surface area contributed by atoms with Gasteiger partial charge in [-0.15, -0.1) is 10.2 Å². The van der Waals surface area contributed by atoms with Gasteiger partial charge < -0.3 is 15.0 Å². The van der Waals surface area contributed by atoms with Gasteiger partial charge in [-0.2, -0.15) is 0 Å². The fraction of sp³-hybridized carbons (Fsp3) is 0.471. The highest BCUT2D eigenvalue weighted by Crippen LogP contribution is 2.33. The van der Waals surface area contributed by atoms with Gasteiger partial charge in [0, 0.05) is 37.5 Å². The van der Waals surface area contributed by atoms with Crippen LogP contribution in [0.2, 0.25) is 0 Å². The first-order chi connectivity index (χ1) is 13.6. The summed E-state index contributed by atoms with van der Waals surface area (Å²) in [6.07, 6.45) is 3.01. The molecule has 2 aliphatic rings. The van der Waals surface area contributed by atoms with Crippen LogP contribution in [0.4, 0.5) is 16.5 Å². The van der Waals surface area contributed by atoms with Gasteiger partial charge in [0.05, 0.1) is 16.8 Å². The van der Waals surface area contributed by atoms with Crippen LogP contribution in [0.3, 0.4) is 0 Å². The molecular formula is C17H19N5O4S2. The number of carbonyl (C=O) groups excluding carboxylic acids is 1. The lowest BCUT2D eigenvalue weighted by molar-refractivity contribution is -0.384. The molecule has 28 heavy (non-hydrogen) atoms. The highest BCUT2D eigenvalue weighted by molar-refractivity contribution is 8.01. The average Bonchev–Trinajstić information content (AvgIpc) is 3.44. The van der Waals surface area contributed by atoms with E-state index in [2.05, 4.69) is 15.5 Å². The van der Waals surface area contributed by atoms with Crippen molar-refractivity contribution < 1.29 is 14.5 Å². The van der Waals surface area contributed by atoms with Crippen molar-refractivity contribution in [1.29, 1.82) is 0 Å². The molecule has 0 aliphatic carbocycles. The molecule has 3 heterocycles. The van der Waals surface area contributed by atoms with Crippen LogP contribution in [-0.2, 0) is 16.0 Å². The number of non-ortho nitro benzene ring substituents is 1. The van der Waals surface area contributed by atoms with Crippen LogP contribution >= 0.6 is 23.1 Å². The van der Waals surface area contributed by atoms with Gasteiger partial charge in [0.15, 0.2) is 4.34 Å². The number of hydrogen-bond donors (Lipinski definition) is 1. The second-order valence-electron chi connectivity index (χ2n) is 6.54. The Balaban J connectivity index is 1.30. The Morgan fingerprint density at radius 2 is 2.36 bits per heavy atom. The van der Waals surface area contributed by atoms with Gasteiger partial charge in [0.2, 0.25) is 11.0 Å². The predicted molar refractivity (Wildman–Crippen MR) is 107 cm³/mol. The largest absolute Gasteiger partial charge is 0.376 e. The van der Waals surface area contributed by atoms with E-state index >= 15 is 0 Å². The molecule has 2 aromatic rings. The Hall–Kier alpha value is -2.24. The molecule has 148 valence electrons. The van der Waals surface area contributed by atoms with Gasteiger partial charge in [0.25, 0.3) is 5.69 Å². The molecule has 1 unspecified atom stereocenters. The third kappa shape index (κ3) is 4.26. The Morgan fingerprint density at radius 3 is 3.14 bits per heavy atom. The molecule has 0 radical (unpaired) electrons. The number of nitro benzene ring substituents is 1. The van der Waals surface area contributed by atoms with Crippen molar-refractivity contribution in [2.75, 3.05) is 35.7 Å². The summed E-state index contributed by atoms with van der Waals surface area (Å²) in [5, 5.41) is 23.1. The molecular weight excluding hydrogens is 402 g/mol. The summed E-state index contributed by atoms with van der Waals surface area (Å²) in [6, 6.07) is 4.64. The van der Waals surface area contributed by atoms with Gasteiger partial charge in [0.1, 0.15) is 0 Å². The Kier molecular flexibility index (Phi) is 5.74. The number of nitrogens with one attached hydrogen (secondary N) is 1. The lowest BCUT2D eigenvalue weighted by atomic mass is 10.1. The van der Waals surface area contributed by atoms with Crippen molar-refractivity contribution in [3.63, 3.8) is 0 Å². The van der Waals surface area contributed by atoms with E-state index in [4.69, 9.17) is 4.74 Å². The maximum Gasteiger partial charge on any atom is 0.269 e. The normalized spacial score (nSPS) is 18.3. The first-order valence-corrected chi connectivity index (χ1v) is 10.8. The molecule has 0 saturated carbocycles. The first kappa shape index (κ1) is 19.1. The summed E-state index contributed by atoms with van der Waals surface area (Å²) in [6.45, 7) is 2.08. The van der Waals surface area contributed by atoms with E-state index < -0.39 is 4.92 Å². The molecule has 0 bridgehead atoms. The molecule has 9 nitrogen and oxygen atoms in total. The molecule has 11 heteroatoms. The smallest absolute Gasteiger partial charge is 0.269 e. The zero-order valence-electron chi connectivity index (χ0n) is 15.0. The van der Waals surface area contributed by atoms with Gasteiger partial charge >= 0.3 is 0 Å². The third-order valence-electron chi connectivity index (χ3n) is 4.70. The number of fused-ring (bicyclic) bond motifs is 1. The first-order valence-electron chi connectivity index (χ1n) is 8.99. The number of amides is 1. The Labute approximate surface area is 169 Å². The van der Waals surface area contributed by atoms with Gasteiger partial charge in [-0.1, -0.05) is 23.1 Å². The zero-order chi connectivity index (χ0) is 19.5. The highest BCUT2D eigenvalue weighted by atomic mass is 32.2. The SMILES string of the molecule is O=C(CSc1nnc(NCC2CCCO2)s1)N1CCc2cc([N+](=O)[O-])ccc21. The van der Waals surface area contributed by atoms with Crippen molar-refractivity contribution in [2.45, 2.75) is 29.7 Å². The Morgan fingerprint density at radius 1 is 1.46 bits per heavy atom. The molecule has 1 aromatic heterocycles. The van der Waals surface area contributed by atoms with Crippen molar-refractivity contribution in [3.8, 4) is 0 Å². The summed E-state index contributed by atoms with van der Waals surface area (Å²) in [7, 11) is 0. The second-order valence-corrected chi connectivity index (χ2v) is 8.74.